The first kappa shape index (κ1) is 9.96. The van der Waals surface area contributed by atoms with Crippen molar-refractivity contribution in [2.24, 2.45) is 0 Å². The summed E-state index contributed by atoms with van der Waals surface area (Å²) in [5, 5.41) is 0. The molecule has 0 bridgehead atoms. The van der Waals surface area contributed by atoms with Gasteiger partial charge in [0.05, 0.1) is 0 Å². The predicted molar refractivity (Wildman–Crippen MR) is 43.4 cm³/mol. The van der Waals surface area contributed by atoms with Gasteiger partial charge >= 0.3 is 0 Å². The molecule has 0 aliphatic rings. The number of hydrogen-bond donors (Lipinski definition) is 0. The molecule has 0 amide bonds. The van der Waals surface area contributed by atoms with Gasteiger partial charge in [-0.1, -0.05) is 34.8 Å². The third-order valence-electron chi connectivity index (χ3n) is 1.12. The van der Waals surface area contributed by atoms with Crippen LogP contribution in [0.4, 0.5) is 8.78 Å². The Morgan fingerprint density at radius 1 is 1.25 bits per heavy atom. The first-order valence-electron chi connectivity index (χ1n) is 2.79. The van der Waals surface area contributed by atoms with Crippen LogP contribution in [0.1, 0.15) is 5.56 Å². The number of alkyl halides is 3. The van der Waals surface area contributed by atoms with E-state index in [-0.39, 0.29) is 5.56 Å². The van der Waals surface area contributed by atoms with E-state index < -0.39 is 15.6 Å². The SMILES string of the molecule is Fc1cc(C(Cl)(Cl)Cl)cnc1F. The van der Waals surface area contributed by atoms with Gasteiger partial charge in [-0.15, -0.1) is 0 Å². The van der Waals surface area contributed by atoms with Gasteiger partial charge in [-0.25, -0.2) is 9.37 Å². The minimum atomic E-state index is -1.78. The molecule has 0 saturated heterocycles. The summed E-state index contributed by atoms with van der Waals surface area (Å²) < 4.78 is 23.0. The average molecular weight is 232 g/mol. The fourth-order valence-electron chi connectivity index (χ4n) is 0.576. The summed E-state index contributed by atoms with van der Waals surface area (Å²) >= 11 is 16.2. The highest BCUT2D eigenvalue weighted by Crippen LogP contribution is 2.37. The molecule has 1 nitrogen and oxygen atoms in total. The van der Waals surface area contributed by atoms with Crippen LogP contribution in [0.2, 0.25) is 0 Å². The minimum absolute atomic E-state index is 0.00796. The number of rotatable bonds is 0. The van der Waals surface area contributed by atoms with E-state index in [0.717, 1.165) is 12.3 Å². The molecular formula is C6H2Cl3F2N. The Kier molecular flexibility index (Phi) is 2.76. The van der Waals surface area contributed by atoms with E-state index in [4.69, 9.17) is 34.8 Å². The highest BCUT2D eigenvalue weighted by atomic mass is 35.6. The molecule has 0 fully saturated rings. The lowest BCUT2D eigenvalue weighted by Crippen LogP contribution is -2.03. The van der Waals surface area contributed by atoms with E-state index in [0.29, 0.717) is 0 Å². The van der Waals surface area contributed by atoms with Gasteiger partial charge in [-0.05, 0) is 6.07 Å². The van der Waals surface area contributed by atoms with Crippen molar-refractivity contribution in [3.63, 3.8) is 0 Å². The van der Waals surface area contributed by atoms with Gasteiger partial charge in [0.15, 0.2) is 5.82 Å². The molecule has 0 N–H and O–H groups in total. The summed E-state index contributed by atoms with van der Waals surface area (Å²) in [5.41, 5.74) is -0.00796. The van der Waals surface area contributed by atoms with Gasteiger partial charge in [0.2, 0.25) is 9.74 Å². The normalized spacial score (nSPS) is 11.8. The van der Waals surface area contributed by atoms with Crippen LogP contribution >= 0.6 is 34.8 Å². The van der Waals surface area contributed by atoms with Crippen molar-refractivity contribution in [3.8, 4) is 0 Å². The lowest BCUT2D eigenvalue weighted by molar-refractivity contribution is 0.477. The molecule has 0 aliphatic heterocycles. The fourth-order valence-corrected chi connectivity index (χ4v) is 0.886. The molecule has 0 radical (unpaired) electrons. The van der Waals surface area contributed by atoms with Gasteiger partial charge in [0.1, 0.15) is 0 Å². The maximum absolute atomic E-state index is 12.5. The third-order valence-corrected chi connectivity index (χ3v) is 1.78. The zero-order valence-corrected chi connectivity index (χ0v) is 7.76. The Morgan fingerprint density at radius 3 is 2.25 bits per heavy atom. The second-order valence-corrected chi connectivity index (χ2v) is 4.28. The predicted octanol–water partition coefficient (Wildman–Crippen LogP) is 3.19. The zero-order chi connectivity index (χ0) is 9.35. The Labute approximate surface area is 82.3 Å². The van der Waals surface area contributed by atoms with Gasteiger partial charge in [0, 0.05) is 11.8 Å². The van der Waals surface area contributed by atoms with Crippen molar-refractivity contribution in [3.05, 3.63) is 29.6 Å². The Hall–Kier alpha value is -0.120. The highest BCUT2D eigenvalue weighted by molar-refractivity contribution is 6.66. The lowest BCUT2D eigenvalue weighted by Gasteiger charge is -2.09. The molecule has 12 heavy (non-hydrogen) atoms. The van der Waals surface area contributed by atoms with Crippen LogP contribution in [0.15, 0.2) is 12.3 Å². The van der Waals surface area contributed by atoms with E-state index in [1.165, 1.54) is 0 Å². The number of halogens is 5. The minimum Gasteiger partial charge on any atom is -0.225 e. The topological polar surface area (TPSA) is 12.9 Å². The molecule has 66 valence electrons. The summed E-state index contributed by atoms with van der Waals surface area (Å²) in [7, 11) is 0. The van der Waals surface area contributed by atoms with Crippen LogP contribution in [0.5, 0.6) is 0 Å². The number of hydrogen-bond acceptors (Lipinski definition) is 1. The first-order chi connectivity index (χ1) is 5.41. The van der Waals surface area contributed by atoms with E-state index in [1.54, 1.807) is 0 Å². The number of nitrogens with zero attached hydrogens (tertiary/aromatic N) is 1. The molecule has 0 saturated carbocycles. The van der Waals surface area contributed by atoms with Crippen molar-refractivity contribution >= 4 is 34.8 Å². The summed E-state index contributed by atoms with van der Waals surface area (Å²) in [5.74, 6) is -2.35. The molecule has 0 unspecified atom stereocenters. The van der Waals surface area contributed by atoms with Crippen LogP contribution in [0.25, 0.3) is 0 Å². The average Bonchev–Trinajstić information content (AvgIpc) is 1.92. The second-order valence-electron chi connectivity index (χ2n) is 1.99. The molecule has 1 aromatic rings. The number of pyridine rings is 1. The van der Waals surface area contributed by atoms with Crippen molar-refractivity contribution in [1.82, 2.24) is 4.98 Å². The van der Waals surface area contributed by atoms with Crippen LogP contribution < -0.4 is 0 Å². The van der Waals surface area contributed by atoms with E-state index in [9.17, 15) is 8.78 Å². The third kappa shape index (κ3) is 2.19. The van der Waals surface area contributed by atoms with Gasteiger partial charge in [0.25, 0.3) is 0 Å². The maximum Gasteiger partial charge on any atom is 0.248 e. The molecule has 0 spiro atoms. The Morgan fingerprint density at radius 2 is 1.83 bits per heavy atom. The summed E-state index contributed by atoms with van der Waals surface area (Å²) in [6.45, 7) is 0. The lowest BCUT2D eigenvalue weighted by atomic mass is 10.3. The smallest absolute Gasteiger partial charge is 0.225 e. The van der Waals surface area contributed by atoms with Crippen molar-refractivity contribution in [1.29, 1.82) is 0 Å². The van der Waals surface area contributed by atoms with Crippen molar-refractivity contribution in [2.75, 3.05) is 0 Å². The highest BCUT2D eigenvalue weighted by Gasteiger charge is 2.24. The Balaban J connectivity index is 3.14. The molecule has 0 aromatic carbocycles. The fraction of sp³-hybridized carbons (Fsp3) is 0.167. The van der Waals surface area contributed by atoms with Crippen molar-refractivity contribution < 1.29 is 8.78 Å². The van der Waals surface area contributed by atoms with E-state index in [2.05, 4.69) is 4.98 Å². The van der Waals surface area contributed by atoms with E-state index in [1.807, 2.05) is 0 Å². The standard InChI is InChI=1S/C6H2Cl3F2N/c7-6(8,9)3-1-4(10)5(11)12-2-3/h1-2H. The second kappa shape index (κ2) is 3.32. The number of aromatic nitrogens is 1. The first-order valence-corrected chi connectivity index (χ1v) is 3.93. The van der Waals surface area contributed by atoms with Crippen LogP contribution in [0, 0.1) is 11.8 Å². The summed E-state index contributed by atoms with van der Waals surface area (Å²) in [6, 6.07) is 0.787. The molecule has 1 heterocycles. The van der Waals surface area contributed by atoms with Crippen LogP contribution in [-0.4, -0.2) is 4.98 Å². The van der Waals surface area contributed by atoms with Gasteiger partial charge in [-0.2, -0.15) is 4.39 Å². The molecular weight excluding hydrogens is 230 g/mol. The molecule has 0 aliphatic carbocycles. The van der Waals surface area contributed by atoms with E-state index >= 15 is 0 Å². The monoisotopic (exact) mass is 231 g/mol. The maximum atomic E-state index is 12.5. The summed E-state index contributed by atoms with van der Waals surface area (Å²) in [6.07, 6.45) is 0.964. The van der Waals surface area contributed by atoms with Gasteiger partial charge in [-0.3, -0.25) is 0 Å². The molecule has 1 aromatic heterocycles. The molecule has 0 atom stereocenters. The quantitative estimate of drug-likeness (QED) is 0.494. The molecule has 6 heteroatoms. The zero-order valence-electron chi connectivity index (χ0n) is 5.49. The van der Waals surface area contributed by atoms with Crippen LogP contribution in [0.3, 0.4) is 0 Å². The van der Waals surface area contributed by atoms with Crippen LogP contribution in [-0.2, 0) is 3.79 Å². The van der Waals surface area contributed by atoms with Crippen molar-refractivity contribution in [2.45, 2.75) is 3.79 Å². The Bertz CT molecular complexity index is 297. The largest absolute Gasteiger partial charge is 0.248 e. The van der Waals surface area contributed by atoms with Gasteiger partial charge < -0.3 is 0 Å². The molecule has 1 rings (SSSR count). The summed E-state index contributed by atoms with van der Waals surface area (Å²) in [4.78, 5) is 3.05.